The van der Waals surface area contributed by atoms with Gasteiger partial charge in [-0.25, -0.2) is 0 Å². The van der Waals surface area contributed by atoms with Crippen LogP contribution in [0.15, 0.2) is 24.3 Å². The minimum atomic E-state index is -0.463. The first kappa shape index (κ1) is 7.77. The Hall–Kier alpha value is -0.860. The van der Waals surface area contributed by atoms with E-state index in [1.54, 1.807) is 0 Å². The van der Waals surface area contributed by atoms with E-state index in [1.165, 1.54) is 5.56 Å². The molecule has 2 nitrogen and oxygen atoms in total. The van der Waals surface area contributed by atoms with Crippen LogP contribution in [0.25, 0.3) is 0 Å². The van der Waals surface area contributed by atoms with Crippen LogP contribution in [0, 0.1) is 0 Å². The van der Waals surface area contributed by atoms with Gasteiger partial charge >= 0.3 is 0 Å². The molecule has 2 heteroatoms. The average Bonchev–Trinajstić information content (AvgIpc) is 2.12. The van der Waals surface area contributed by atoms with Crippen molar-refractivity contribution in [3.05, 3.63) is 35.4 Å². The van der Waals surface area contributed by atoms with Crippen LogP contribution in [0.3, 0.4) is 0 Å². The lowest BCUT2D eigenvalue weighted by molar-refractivity contribution is 0.134. The Morgan fingerprint density at radius 2 is 2.08 bits per heavy atom. The molecule has 1 aromatic carbocycles. The van der Waals surface area contributed by atoms with Crippen LogP contribution in [0.4, 0.5) is 0 Å². The third-order valence-electron chi connectivity index (χ3n) is 2.53. The Kier molecular flexibility index (Phi) is 1.87. The SMILES string of the molecule is N[C@@H]1CCc2ccccc2[C@H]1O. The molecule has 0 radical (unpaired) electrons. The smallest absolute Gasteiger partial charge is 0.0943 e. The Morgan fingerprint density at radius 3 is 2.92 bits per heavy atom. The fourth-order valence-corrected chi connectivity index (χ4v) is 1.76. The second-order valence-electron chi connectivity index (χ2n) is 3.35. The average molecular weight is 163 g/mol. The van der Waals surface area contributed by atoms with E-state index >= 15 is 0 Å². The van der Waals surface area contributed by atoms with E-state index in [1.807, 2.05) is 18.2 Å². The number of fused-ring (bicyclic) bond motifs is 1. The summed E-state index contributed by atoms with van der Waals surface area (Å²) in [5, 5.41) is 9.70. The van der Waals surface area contributed by atoms with Crippen molar-refractivity contribution >= 4 is 0 Å². The van der Waals surface area contributed by atoms with Gasteiger partial charge in [0.2, 0.25) is 0 Å². The van der Waals surface area contributed by atoms with Crippen LogP contribution in [-0.4, -0.2) is 11.1 Å². The van der Waals surface area contributed by atoms with E-state index < -0.39 is 6.10 Å². The van der Waals surface area contributed by atoms with Gasteiger partial charge in [-0.2, -0.15) is 0 Å². The molecule has 0 unspecified atom stereocenters. The maximum Gasteiger partial charge on any atom is 0.0943 e. The van der Waals surface area contributed by atoms with Crippen LogP contribution in [-0.2, 0) is 6.42 Å². The van der Waals surface area contributed by atoms with E-state index in [4.69, 9.17) is 5.73 Å². The van der Waals surface area contributed by atoms with Gasteiger partial charge in [0.25, 0.3) is 0 Å². The van der Waals surface area contributed by atoms with E-state index in [0.29, 0.717) is 0 Å². The van der Waals surface area contributed by atoms with E-state index in [2.05, 4.69) is 6.07 Å². The Bertz CT molecular complexity index is 285. The molecule has 1 aliphatic rings. The minimum Gasteiger partial charge on any atom is -0.387 e. The molecule has 0 spiro atoms. The molecule has 0 saturated carbocycles. The summed E-state index contributed by atoms with van der Waals surface area (Å²) in [6.07, 6.45) is 1.42. The monoisotopic (exact) mass is 163 g/mol. The summed E-state index contributed by atoms with van der Waals surface area (Å²) in [6.45, 7) is 0. The highest BCUT2D eigenvalue weighted by Gasteiger charge is 2.23. The molecule has 3 N–H and O–H groups in total. The van der Waals surface area contributed by atoms with Crippen molar-refractivity contribution in [2.75, 3.05) is 0 Å². The lowest BCUT2D eigenvalue weighted by Crippen LogP contribution is -2.32. The number of benzene rings is 1. The van der Waals surface area contributed by atoms with Gasteiger partial charge in [-0.05, 0) is 24.0 Å². The van der Waals surface area contributed by atoms with E-state index in [9.17, 15) is 5.11 Å². The number of hydrogen-bond donors (Lipinski definition) is 2. The second-order valence-corrected chi connectivity index (χ2v) is 3.35. The van der Waals surface area contributed by atoms with E-state index in [-0.39, 0.29) is 6.04 Å². The van der Waals surface area contributed by atoms with Crippen LogP contribution in [0.2, 0.25) is 0 Å². The zero-order valence-electron chi connectivity index (χ0n) is 6.90. The highest BCUT2D eigenvalue weighted by Crippen LogP contribution is 2.28. The standard InChI is InChI=1S/C10H13NO/c11-9-6-5-7-3-1-2-4-8(7)10(9)12/h1-4,9-10,12H,5-6,11H2/t9-,10-/m1/s1. The fraction of sp³-hybridized carbons (Fsp3) is 0.400. The van der Waals surface area contributed by atoms with Gasteiger partial charge in [-0.15, -0.1) is 0 Å². The van der Waals surface area contributed by atoms with Crippen LogP contribution < -0.4 is 5.73 Å². The first-order chi connectivity index (χ1) is 5.79. The number of hydrogen-bond acceptors (Lipinski definition) is 2. The molecular weight excluding hydrogens is 150 g/mol. The maximum absolute atomic E-state index is 9.70. The highest BCUT2D eigenvalue weighted by molar-refractivity contribution is 5.32. The molecule has 2 atom stereocenters. The summed E-state index contributed by atoms with van der Waals surface area (Å²) in [5.41, 5.74) is 8.00. The highest BCUT2D eigenvalue weighted by atomic mass is 16.3. The summed E-state index contributed by atoms with van der Waals surface area (Å²) in [7, 11) is 0. The van der Waals surface area contributed by atoms with Crippen molar-refractivity contribution in [2.45, 2.75) is 25.0 Å². The first-order valence-corrected chi connectivity index (χ1v) is 4.30. The van der Waals surface area contributed by atoms with Crippen molar-refractivity contribution in [3.8, 4) is 0 Å². The normalized spacial score (nSPS) is 28.2. The second kappa shape index (κ2) is 2.88. The van der Waals surface area contributed by atoms with Crippen LogP contribution in [0.1, 0.15) is 23.7 Å². The number of rotatable bonds is 0. The zero-order chi connectivity index (χ0) is 8.55. The summed E-state index contributed by atoms with van der Waals surface area (Å²) >= 11 is 0. The molecule has 1 aliphatic carbocycles. The fourth-order valence-electron chi connectivity index (χ4n) is 1.76. The zero-order valence-corrected chi connectivity index (χ0v) is 6.90. The van der Waals surface area contributed by atoms with Crippen LogP contribution in [0.5, 0.6) is 0 Å². The molecule has 0 saturated heterocycles. The van der Waals surface area contributed by atoms with Crippen molar-refractivity contribution in [2.24, 2.45) is 5.73 Å². The number of aryl methyl sites for hydroxylation is 1. The van der Waals surface area contributed by atoms with Crippen molar-refractivity contribution in [1.29, 1.82) is 0 Å². The molecule has 1 aromatic rings. The van der Waals surface area contributed by atoms with Gasteiger partial charge in [0.1, 0.15) is 0 Å². The molecule has 0 heterocycles. The van der Waals surface area contributed by atoms with Gasteiger partial charge in [0, 0.05) is 6.04 Å². The predicted octanol–water partition coefficient (Wildman–Crippen LogP) is 0.993. The molecule has 12 heavy (non-hydrogen) atoms. The van der Waals surface area contributed by atoms with Gasteiger partial charge in [0.05, 0.1) is 6.10 Å². The third-order valence-corrected chi connectivity index (χ3v) is 2.53. The molecular formula is C10H13NO. The number of aliphatic hydroxyl groups is 1. The summed E-state index contributed by atoms with van der Waals surface area (Å²) in [4.78, 5) is 0. The number of aliphatic hydroxyl groups excluding tert-OH is 1. The number of nitrogens with two attached hydrogens (primary N) is 1. The summed E-state index contributed by atoms with van der Waals surface area (Å²) in [6, 6.07) is 7.88. The van der Waals surface area contributed by atoms with Gasteiger partial charge in [-0.1, -0.05) is 24.3 Å². The Morgan fingerprint density at radius 1 is 1.33 bits per heavy atom. The van der Waals surface area contributed by atoms with Gasteiger partial charge in [0.15, 0.2) is 0 Å². The maximum atomic E-state index is 9.70. The summed E-state index contributed by atoms with van der Waals surface area (Å²) < 4.78 is 0. The first-order valence-electron chi connectivity index (χ1n) is 4.30. The molecule has 0 aromatic heterocycles. The quantitative estimate of drug-likeness (QED) is 0.599. The van der Waals surface area contributed by atoms with Crippen LogP contribution >= 0.6 is 0 Å². The van der Waals surface area contributed by atoms with Gasteiger partial charge in [-0.3, -0.25) is 0 Å². The lowest BCUT2D eigenvalue weighted by atomic mass is 9.86. The van der Waals surface area contributed by atoms with E-state index in [0.717, 1.165) is 18.4 Å². The molecule has 0 aliphatic heterocycles. The molecule has 64 valence electrons. The lowest BCUT2D eigenvalue weighted by Gasteiger charge is -2.26. The predicted molar refractivity (Wildman–Crippen MR) is 47.7 cm³/mol. The van der Waals surface area contributed by atoms with Crippen molar-refractivity contribution in [1.82, 2.24) is 0 Å². The summed E-state index contributed by atoms with van der Waals surface area (Å²) in [5.74, 6) is 0. The molecule has 0 amide bonds. The largest absolute Gasteiger partial charge is 0.387 e. The molecule has 2 rings (SSSR count). The van der Waals surface area contributed by atoms with Crippen molar-refractivity contribution < 1.29 is 5.11 Å². The Labute approximate surface area is 72.0 Å². The topological polar surface area (TPSA) is 46.2 Å². The van der Waals surface area contributed by atoms with Crippen molar-refractivity contribution in [3.63, 3.8) is 0 Å². The third kappa shape index (κ3) is 1.13. The Balaban J connectivity index is 2.42. The molecule has 0 fully saturated rings. The molecule has 0 bridgehead atoms. The minimum absolute atomic E-state index is 0.0834. The van der Waals surface area contributed by atoms with Gasteiger partial charge < -0.3 is 10.8 Å².